The quantitative estimate of drug-likeness (QED) is 0.373. The van der Waals surface area contributed by atoms with Gasteiger partial charge in [-0.05, 0) is 12.8 Å². The summed E-state index contributed by atoms with van der Waals surface area (Å²) in [5.74, 6) is -0.283. The van der Waals surface area contributed by atoms with Crippen molar-refractivity contribution in [2.45, 2.75) is 84.5 Å². The van der Waals surface area contributed by atoms with Gasteiger partial charge >= 0.3 is 0 Å². The second kappa shape index (κ2) is 11.8. The lowest BCUT2D eigenvalue weighted by atomic mass is 10.0. The first-order valence-corrected chi connectivity index (χ1v) is 7.28. The molecule has 0 unspecified atom stereocenters. The van der Waals surface area contributed by atoms with Crippen LogP contribution < -0.4 is 0 Å². The first-order valence-electron chi connectivity index (χ1n) is 7.28. The first kappa shape index (κ1) is 16.3. The van der Waals surface area contributed by atoms with Crippen LogP contribution in [0.1, 0.15) is 84.5 Å². The maximum atomic E-state index is 11.5. The number of ketones is 2. The zero-order valence-corrected chi connectivity index (χ0v) is 11.6. The normalized spacial score (nSPS) is 10.5. The molecule has 0 aliphatic heterocycles. The third-order valence-corrected chi connectivity index (χ3v) is 3.08. The number of hydrogen-bond acceptors (Lipinski definition) is 2. The SMILES string of the molecule is CCCCCCCC(=O)C(=O)CCCCCC. The molecule has 0 N–H and O–H groups in total. The molecule has 0 spiro atoms. The topological polar surface area (TPSA) is 34.1 Å². The zero-order valence-electron chi connectivity index (χ0n) is 11.6. The highest BCUT2D eigenvalue weighted by Crippen LogP contribution is 2.08. The van der Waals surface area contributed by atoms with Crippen molar-refractivity contribution in [2.24, 2.45) is 0 Å². The van der Waals surface area contributed by atoms with Crippen LogP contribution in [0.2, 0.25) is 0 Å². The maximum Gasteiger partial charge on any atom is 0.198 e. The Morgan fingerprint density at radius 3 is 1.35 bits per heavy atom. The van der Waals surface area contributed by atoms with Crippen molar-refractivity contribution in [1.82, 2.24) is 0 Å². The lowest BCUT2D eigenvalue weighted by Gasteiger charge is -2.01. The molecule has 0 atom stereocenters. The molecule has 0 aliphatic rings. The fourth-order valence-corrected chi connectivity index (χ4v) is 1.88. The van der Waals surface area contributed by atoms with Crippen molar-refractivity contribution >= 4 is 11.6 Å². The number of Topliss-reactive ketones (excluding diaryl/α,β-unsaturated/α-hetero) is 2. The summed E-state index contributed by atoms with van der Waals surface area (Å²) in [7, 11) is 0. The summed E-state index contributed by atoms with van der Waals surface area (Å²) in [4.78, 5) is 23.0. The van der Waals surface area contributed by atoms with Crippen LogP contribution in [0.3, 0.4) is 0 Å². The number of hydrogen-bond donors (Lipinski definition) is 0. The fraction of sp³-hybridized carbons (Fsp3) is 0.867. The third kappa shape index (κ3) is 10.2. The molecular formula is C15H28O2. The molecule has 0 aliphatic carbocycles. The average Bonchev–Trinajstić information content (AvgIpc) is 2.34. The van der Waals surface area contributed by atoms with Crippen LogP contribution in [0.15, 0.2) is 0 Å². The molecule has 0 radical (unpaired) electrons. The second-order valence-corrected chi connectivity index (χ2v) is 4.82. The van der Waals surface area contributed by atoms with Gasteiger partial charge in [0.15, 0.2) is 11.6 Å². The summed E-state index contributed by atoms with van der Waals surface area (Å²) in [6.07, 6.45) is 10.8. The Morgan fingerprint density at radius 1 is 0.588 bits per heavy atom. The van der Waals surface area contributed by atoms with Crippen molar-refractivity contribution < 1.29 is 9.59 Å². The van der Waals surface area contributed by atoms with E-state index in [0.717, 1.165) is 25.7 Å². The van der Waals surface area contributed by atoms with Crippen LogP contribution in [-0.4, -0.2) is 11.6 Å². The minimum atomic E-state index is -0.142. The monoisotopic (exact) mass is 240 g/mol. The number of rotatable bonds is 12. The van der Waals surface area contributed by atoms with Gasteiger partial charge < -0.3 is 0 Å². The third-order valence-electron chi connectivity index (χ3n) is 3.08. The van der Waals surface area contributed by atoms with Gasteiger partial charge in [0.25, 0.3) is 0 Å². The van der Waals surface area contributed by atoms with Gasteiger partial charge in [-0.15, -0.1) is 0 Å². The lowest BCUT2D eigenvalue weighted by molar-refractivity contribution is -0.136. The molecule has 0 heterocycles. The van der Waals surface area contributed by atoms with Crippen LogP contribution in [0, 0.1) is 0 Å². The minimum absolute atomic E-state index is 0.141. The largest absolute Gasteiger partial charge is 0.291 e. The number of carbonyl (C=O) groups excluding carboxylic acids is 2. The van der Waals surface area contributed by atoms with E-state index in [1.165, 1.54) is 32.1 Å². The van der Waals surface area contributed by atoms with Crippen LogP contribution in [0.4, 0.5) is 0 Å². The summed E-state index contributed by atoms with van der Waals surface area (Å²) < 4.78 is 0. The Hall–Kier alpha value is -0.660. The van der Waals surface area contributed by atoms with Crippen molar-refractivity contribution in [1.29, 1.82) is 0 Å². The van der Waals surface area contributed by atoms with Crippen molar-refractivity contribution in [2.75, 3.05) is 0 Å². The molecule has 100 valence electrons. The van der Waals surface area contributed by atoms with Gasteiger partial charge in [-0.2, -0.15) is 0 Å². The van der Waals surface area contributed by atoms with Crippen molar-refractivity contribution in [3.63, 3.8) is 0 Å². The standard InChI is InChI=1S/C15H28O2/c1-3-5-7-9-11-13-15(17)14(16)12-10-8-6-4-2/h3-13H2,1-2H3. The van der Waals surface area contributed by atoms with E-state index in [1.54, 1.807) is 0 Å². The molecule has 0 rings (SSSR count). The first-order chi connectivity index (χ1) is 8.22. The predicted molar refractivity (Wildman–Crippen MR) is 72.1 cm³/mol. The smallest absolute Gasteiger partial charge is 0.198 e. The molecule has 2 nitrogen and oxygen atoms in total. The van der Waals surface area contributed by atoms with Crippen LogP contribution in [0.5, 0.6) is 0 Å². The average molecular weight is 240 g/mol. The molecule has 0 saturated heterocycles. The van der Waals surface area contributed by atoms with E-state index in [1.807, 2.05) is 0 Å². The Kier molecular flexibility index (Phi) is 11.4. The summed E-state index contributed by atoms with van der Waals surface area (Å²) in [5.41, 5.74) is 0. The van der Waals surface area contributed by atoms with E-state index < -0.39 is 0 Å². The van der Waals surface area contributed by atoms with Crippen LogP contribution in [0.25, 0.3) is 0 Å². The molecular weight excluding hydrogens is 212 g/mol. The fourth-order valence-electron chi connectivity index (χ4n) is 1.88. The van der Waals surface area contributed by atoms with E-state index >= 15 is 0 Å². The van der Waals surface area contributed by atoms with Gasteiger partial charge in [-0.25, -0.2) is 0 Å². The molecule has 2 heteroatoms. The summed E-state index contributed by atoms with van der Waals surface area (Å²) >= 11 is 0. The van der Waals surface area contributed by atoms with Gasteiger partial charge in [0.2, 0.25) is 0 Å². The summed E-state index contributed by atoms with van der Waals surface area (Å²) in [6.45, 7) is 4.31. The second-order valence-electron chi connectivity index (χ2n) is 4.82. The highest BCUT2D eigenvalue weighted by molar-refractivity contribution is 6.37. The molecule has 0 fully saturated rings. The molecule has 0 aromatic carbocycles. The Morgan fingerprint density at radius 2 is 0.941 bits per heavy atom. The molecule has 0 amide bonds. The van der Waals surface area contributed by atoms with E-state index in [-0.39, 0.29) is 11.6 Å². The predicted octanol–water partition coefficient (Wildman–Crippen LogP) is 4.46. The van der Waals surface area contributed by atoms with Gasteiger partial charge in [-0.3, -0.25) is 9.59 Å². The Balaban J connectivity index is 3.44. The molecule has 0 aromatic heterocycles. The summed E-state index contributed by atoms with van der Waals surface area (Å²) in [5, 5.41) is 0. The Labute approximate surface area is 106 Å². The van der Waals surface area contributed by atoms with E-state index in [2.05, 4.69) is 13.8 Å². The molecule has 0 saturated carbocycles. The summed E-state index contributed by atoms with van der Waals surface area (Å²) in [6, 6.07) is 0. The number of unbranched alkanes of at least 4 members (excludes halogenated alkanes) is 7. The Bertz CT molecular complexity index is 209. The van der Waals surface area contributed by atoms with Gasteiger partial charge in [0.05, 0.1) is 0 Å². The van der Waals surface area contributed by atoms with E-state index in [4.69, 9.17) is 0 Å². The van der Waals surface area contributed by atoms with Crippen molar-refractivity contribution in [3.05, 3.63) is 0 Å². The van der Waals surface area contributed by atoms with Crippen LogP contribution >= 0.6 is 0 Å². The lowest BCUT2D eigenvalue weighted by Crippen LogP contribution is -2.13. The molecule has 0 bridgehead atoms. The minimum Gasteiger partial charge on any atom is -0.291 e. The van der Waals surface area contributed by atoms with Crippen molar-refractivity contribution in [3.8, 4) is 0 Å². The highest BCUT2D eigenvalue weighted by Gasteiger charge is 2.12. The maximum absolute atomic E-state index is 11.5. The van der Waals surface area contributed by atoms with Gasteiger partial charge in [-0.1, -0.05) is 58.8 Å². The number of carbonyl (C=O) groups is 2. The van der Waals surface area contributed by atoms with Gasteiger partial charge in [0, 0.05) is 12.8 Å². The molecule has 0 aromatic rings. The van der Waals surface area contributed by atoms with E-state index in [0.29, 0.717) is 12.8 Å². The van der Waals surface area contributed by atoms with E-state index in [9.17, 15) is 9.59 Å². The highest BCUT2D eigenvalue weighted by atomic mass is 16.2. The zero-order chi connectivity index (χ0) is 12.9. The van der Waals surface area contributed by atoms with Gasteiger partial charge in [0.1, 0.15) is 0 Å². The molecule has 17 heavy (non-hydrogen) atoms. The van der Waals surface area contributed by atoms with Crippen LogP contribution in [-0.2, 0) is 9.59 Å².